The third-order valence-corrected chi connectivity index (χ3v) is 4.01. The third kappa shape index (κ3) is 4.86. The molecule has 1 aromatic carbocycles. The number of rotatable bonds is 10. The molecule has 4 heteroatoms. The zero-order chi connectivity index (χ0) is 16.5. The van der Waals surface area contributed by atoms with Crippen molar-refractivity contribution in [1.29, 1.82) is 0 Å². The average Bonchev–Trinajstić information content (AvgIpc) is 2.49. The Hall–Kier alpha value is -1.84. The van der Waals surface area contributed by atoms with E-state index < -0.39 is 11.9 Å². The van der Waals surface area contributed by atoms with Crippen molar-refractivity contribution in [3.63, 3.8) is 0 Å². The smallest absolute Gasteiger partial charge is 0.336 e. The lowest BCUT2D eigenvalue weighted by molar-refractivity contribution is 0.0650. The fourth-order valence-corrected chi connectivity index (χ4v) is 2.85. The molecule has 0 radical (unpaired) electrons. The van der Waals surface area contributed by atoms with Crippen LogP contribution in [0.3, 0.4) is 0 Å². The highest BCUT2D eigenvalue weighted by atomic mass is 16.4. The first-order valence-corrected chi connectivity index (χ1v) is 8.14. The molecule has 122 valence electrons. The van der Waals surface area contributed by atoms with Gasteiger partial charge >= 0.3 is 11.9 Å². The molecule has 0 aliphatic rings. The molecule has 2 N–H and O–H groups in total. The zero-order valence-electron chi connectivity index (χ0n) is 13.5. The van der Waals surface area contributed by atoms with Crippen molar-refractivity contribution < 1.29 is 19.8 Å². The van der Waals surface area contributed by atoms with E-state index in [9.17, 15) is 14.7 Å². The van der Waals surface area contributed by atoms with Crippen LogP contribution in [0, 0.1) is 0 Å². The van der Waals surface area contributed by atoms with Crippen LogP contribution < -0.4 is 0 Å². The Kier molecular flexibility index (Phi) is 7.64. The van der Waals surface area contributed by atoms with Crippen LogP contribution in [-0.4, -0.2) is 22.2 Å². The maximum absolute atomic E-state index is 11.4. The summed E-state index contributed by atoms with van der Waals surface area (Å²) in [5.74, 6) is -2.34. The van der Waals surface area contributed by atoms with Gasteiger partial charge in [-0.25, -0.2) is 9.59 Å². The summed E-state index contributed by atoms with van der Waals surface area (Å²) in [7, 11) is 0. The Morgan fingerprint density at radius 2 is 1.55 bits per heavy atom. The molecule has 0 atom stereocenters. The minimum absolute atomic E-state index is 0.0431. The molecule has 0 saturated heterocycles. The molecule has 0 fully saturated rings. The van der Waals surface area contributed by atoms with Crippen LogP contribution in [0.2, 0.25) is 0 Å². The highest BCUT2D eigenvalue weighted by molar-refractivity contribution is 6.03. The maximum atomic E-state index is 11.4. The van der Waals surface area contributed by atoms with Gasteiger partial charge < -0.3 is 10.2 Å². The monoisotopic (exact) mass is 306 g/mol. The normalized spacial score (nSPS) is 10.6. The van der Waals surface area contributed by atoms with Gasteiger partial charge in [-0.3, -0.25) is 0 Å². The lowest BCUT2D eigenvalue weighted by atomic mass is 9.91. The molecule has 0 bridgehead atoms. The van der Waals surface area contributed by atoms with E-state index in [-0.39, 0.29) is 11.1 Å². The van der Waals surface area contributed by atoms with E-state index in [4.69, 9.17) is 5.11 Å². The first kappa shape index (κ1) is 18.2. The molecule has 0 amide bonds. The Balaban J connectivity index is 2.85. The van der Waals surface area contributed by atoms with Crippen molar-refractivity contribution in [2.45, 2.75) is 65.2 Å². The molecule has 1 aromatic rings. The summed E-state index contributed by atoms with van der Waals surface area (Å²) in [6.07, 6.45) is 8.43. The van der Waals surface area contributed by atoms with Crippen molar-refractivity contribution in [1.82, 2.24) is 0 Å². The van der Waals surface area contributed by atoms with E-state index >= 15 is 0 Å². The van der Waals surface area contributed by atoms with E-state index in [1.807, 2.05) is 6.92 Å². The fraction of sp³-hybridized carbons (Fsp3) is 0.556. The van der Waals surface area contributed by atoms with Crippen molar-refractivity contribution >= 4 is 11.9 Å². The summed E-state index contributed by atoms with van der Waals surface area (Å²) in [4.78, 5) is 22.6. The number of aromatic carboxylic acids is 2. The number of benzene rings is 1. The number of unbranched alkanes of at least 4 members (excludes halogenated alkanes) is 5. The van der Waals surface area contributed by atoms with E-state index in [0.717, 1.165) is 24.8 Å². The lowest BCUT2D eigenvalue weighted by Crippen LogP contribution is -2.13. The highest BCUT2D eigenvalue weighted by Gasteiger charge is 2.21. The van der Waals surface area contributed by atoms with Gasteiger partial charge in [0.15, 0.2) is 0 Å². The maximum Gasteiger partial charge on any atom is 0.336 e. The quantitative estimate of drug-likeness (QED) is 0.622. The first-order chi connectivity index (χ1) is 10.5. The average molecular weight is 306 g/mol. The summed E-state index contributed by atoms with van der Waals surface area (Å²) in [6.45, 7) is 4.06. The summed E-state index contributed by atoms with van der Waals surface area (Å²) < 4.78 is 0. The summed E-state index contributed by atoms with van der Waals surface area (Å²) in [5.41, 5.74) is 1.48. The minimum Gasteiger partial charge on any atom is -0.478 e. The summed E-state index contributed by atoms with van der Waals surface area (Å²) >= 11 is 0. The van der Waals surface area contributed by atoms with Gasteiger partial charge in [0.2, 0.25) is 0 Å². The number of aryl methyl sites for hydroxylation is 1. The van der Waals surface area contributed by atoms with Gasteiger partial charge in [-0.05, 0) is 36.5 Å². The molecular formula is C18H26O4. The van der Waals surface area contributed by atoms with Crippen LogP contribution in [0.4, 0.5) is 0 Å². The number of hydrogen-bond acceptors (Lipinski definition) is 2. The molecule has 0 spiro atoms. The van der Waals surface area contributed by atoms with Gasteiger partial charge in [0, 0.05) is 0 Å². The van der Waals surface area contributed by atoms with Crippen molar-refractivity contribution in [2.24, 2.45) is 0 Å². The van der Waals surface area contributed by atoms with Crippen LogP contribution in [-0.2, 0) is 12.8 Å². The second kappa shape index (κ2) is 9.23. The van der Waals surface area contributed by atoms with Gasteiger partial charge in [0.1, 0.15) is 0 Å². The van der Waals surface area contributed by atoms with E-state index in [1.54, 1.807) is 6.07 Å². The van der Waals surface area contributed by atoms with Crippen LogP contribution in [0.25, 0.3) is 0 Å². The van der Waals surface area contributed by atoms with Gasteiger partial charge in [-0.2, -0.15) is 0 Å². The number of carbonyl (C=O) groups is 2. The Bertz CT molecular complexity index is 520. The zero-order valence-corrected chi connectivity index (χ0v) is 13.5. The molecule has 0 saturated carbocycles. The fourth-order valence-electron chi connectivity index (χ4n) is 2.85. The molecule has 0 aliphatic heterocycles. The Morgan fingerprint density at radius 1 is 0.909 bits per heavy atom. The van der Waals surface area contributed by atoms with Crippen molar-refractivity contribution in [3.05, 3.63) is 34.4 Å². The van der Waals surface area contributed by atoms with Crippen molar-refractivity contribution in [3.8, 4) is 0 Å². The number of hydrogen-bond donors (Lipinski definition) is 2. The lowest BCUT2D eigenvalue weighted by Gasteiger charge is -2.13. The molecule has 0 aliphatic carbocycles. The second-order valence-corrected chi connectivity index (χ2v) is 5.61. The standard InChI is InChI=1S/C18H26O4/c1-3-5-6-7-8-9-10-13-11-12-15(17(19)20)16(18(21)22)14(13)4-2/h11-12H,3-10H2,1-2H3,(H,19,20)(H,21,22). The number of carboxylic acid groups (broad SMARTS) is 2. The van der Waals surface area contributed by atoms with Crippen LogP contribution in [0.5, 0.6) is 0 Å². The topological polar surface area (TPSA) is 74.6 Å². The van der Waals surface area contributed by atoms with Crippen LogP contribution >= 0.6 is 0 Å². The molecule has 22 heavy (non-hydrogen) atoms. The Morgan fingerprint density at radius 3 is 2.09 bits per heavy atom. The molecule has 1 rings (SSSR count). The van der Waals surface area contributed by atoms with Gasteiger partial charge in [0.25, 0.3) is 0 Å². The van der Waals surface area contributed by atoms with E-state index in [2.05, 4.69) is 6.92 Å². The molecule has 0 heterocycles. The molecule has 0 unspecified atom stereocenters. The summed E-state index contributed by atoms with van der Waals surface area (Å²) in [5, 5.41) is 18.5. The highest BCUT2D eigenvalue weighted by Crippen LogP contribution is 2.23. The van der Waals surface area contributed by atoms with Gasteiger partial charge in [-0.1, -0.05) is 52.0 Å². The van der Waals surface area contributed by atoms with Gasteiger partial charge in [0.05, 0.1) is 11.1 Å². The molecule has 4 nitrogen and oxygen atoms in total. The number of carboxylic acids is 2. The van der Waals surface area contributed by atoms with Crippen LogP contribution in [0.1, 0.15) is 84.2 Å². The molecular weight excluding hydrogens is 280 g/mol. The van der Waals surface area contributed by atoms with E-state index in [1.165, 1.54) is 31.7 Å². The van der Waals surface area contributed by atoms with Crippen LogP contribution in [0.15, 0.2) is 12.1 Å². The molecule has 0 aromatic heterocycles. The van der Waals surface area contributed by atoms with Gasteiger partial charge in [-0.15, -0.1) is 0 Å². The summed E-state index contributed by atoms with van der Waals surface area (Å²) in [6, 6.07) is 3.21. The minimum atomic E-state index is -1.18. The van der Waals surface area contributed by atoms with Crippen molar-refractivity contribution in [2.75, 3.05) is 0 Å². The third-order valence-electron chi connectivity index (χ3n) is 4.01. The second-order valence-electron chi connectivity index (χ2n) is 5.61. The predicted octanol–water partition coefficient (Wildman–Crippen LogP) is 4.55. The Labute approximate surface area is 132 Å². The SMILES string of the molecule is CCCCCCCCc1ccc(C(=O)O)c(C(=O)O)c1CC. The largest absolute Gasteiger partial charge is 0.478 e. The van der Waals surface area contributed by atoms with E-state index in [0.29, 0.717) is 12.0 Å². The first-order valence-electron chi connectivity index (χ1n) is 8.14. The predicted molar refractivity (Wildman–Crippen MR) is 86.8 cm³/mol.